The van der Waals surface area contributed by atoms with E-state index in [4.69, 9.17) is 27.9 Å². The number of benzene rings is 2. The SMILES string of the molecule is CC(Oc1ccc(Cl)cc1Cl)C(=O)Nc1cccc(-c2nc3cccnc3s2)c1. The van der Waals surface area contributed by atoms with Crippen molar-refractivity contribution in [3.05, 3.63) is 70.8 Å². The van der Waals surface area contributed by atoms with E-state index < -0.39 is 6.10 Å². The van der Waals surface area contributed by atoms with Crippen LogP contribution in [0.15, 0.2) is 60.8 Å². The lowest BCUT2D eigenvalue weighted by Crippen LogP contribution is -2.30. The third kappa shape index (κ3) is 4.50. The second-order valence-corrected chi connectivity index (χ2v) is 8.07. The van der Waals surface area contributed by atoms with Gasteiger partial charge in [-0.15, -0.1) is 0 Å². The van der Waals surface area contributed by atoms with E-state index in [0.29, 0.717) is 21.5 Å². The van der Waals surface area contributed by atoms with Gasteiger partial charge < -0.3 is 10.1 Å². The molecule has 2 aromatic carbocycles. The van der Waals surface area contributed by atoms with Crippen LogP contribution >= 0.6 is 34.5 Å². The molecule has 0 bridgehead atoms. The van der Waals surface area contributed by atoms with Gasteiger partial charge in [0.15, 0.2) is 6.10 Å². The molecule has 0 radical (unpaired) electrons. The minimum absolute atomic E-state index is 0.292. The molecule has 0 aliphatic carbocycles. The van der Waals surface area contributed by atoms with Gasteiger partial charge in [0.05, 0.1) is 5.02 Å². The predicted octanol–water partition coefficient (Wildman–Crippen LogP) is 6.07. The van der Waals surface area contributed by atoms with Gasteiger partial charge in [-0.25, -0.2) is 9.97 Å². The predicted molar refractivity (Wildman–Crippen MR) is 118 cm³/mol. The number of carbonyl (C=O) groups is 1. The Morgan fingerprint density at radius 1 is 1.14 bits per heavy atom. The Bertz CT molecular complexity index is 1160. The van der Waals surface area contributed by atoms with E-state index in [1.807, 2.05) is 36.4 Å². The van der Waals surface area contributed by atoms with Gasteiger partial charge >= 0.3 is 0 Å². The zero-order valence-corrected chi connectivity index (χ0v) is 17.6. The van der Waals surface area contributed by atoms with Crippen LogP contribution < -0.4 is 10.1 Å². The minimum Gasteiger partial charge on any atom is -0.479 e. The maximum atomic E-state index is 12.6. The first-order chi connectivity index (χ1) is 14.0. The quantitative estimate of drug-likeness (QED) is 0.406. The highest BCUT2D eigenvalue weighted by atomic mass is 35.5. The van der Waals surface area contributed by atoms with Crippen LogP contribution in [0.5, 0.6) is 5.75 Å². The number of pyridine rings is 1. The van der Waals surface area contributed by atoms with Crippen molar-refractivity contribution >= 4 is 56.5 Å². The second-order valence-electron chi connectivity index (χ2n) is 6.25. The Hall–Kier alpha value is -2.67. The fourth-order valence-electron chi connectivity index (χ4n) is 2.68. The number of rotatable bonds is 5. The van der Waals surface area contributed by atoms with Gasteiger partial charge in [-0.05, 0) is 49.4 Å². The normalized spacial score (nSPS) is 12.0. The summed E-state index contributed by atoms with van der Waals surface area (Å²) in [5.74, 6) is 0.105. The molecule has 2 aromatic heterocycles. The van der Waals surface area contributed by atoms with Gasteiger partial charge in [-0.1, -0.05) is 46.7 Å². The van der Waals surface area contributed by atoms with Crippen LogP contribution in [-0.4, -0.2) is 22.0 Å². The number of aromatic nitrogens is 2. The number of fused-ring (bicyclic) bond motifs is 1. The van der Waals surface area contributed by atoms with Gasteiger partial charge in [-0.3, -0.25) is 4.79 Å². The summed E-state index contributed by atoms with van der Waals surface area (Å²) in [6, 6.07) is 16.1. The Kier molecular flexibility index (Phi) is 5.67. The van der Waals surface area contributed by atoms with E-state index in [1.165, 1.54) is 11.3 Å². The standard InChI is InChI=1S/C21H15Cl2N3O2S/c1-12(28-18-8-7-14(22)11-16(18)23)19(27)25-15-5-2-4-13(10-15)20-26-17-6-3-9-24-21(17)29-20/h2-12H,1H3,(H,25,27). The number of carbonyl (C=O) groups excluding carboxylic acids is 1. The lowest BCUT2D eigenvalue weighted by molar-refractivity contribution is -0.122. The lowest BCUT2D eigenvalue weighted by atomic mass is 10.2. The first kappa shape index (κ1) is 19.6. The molecule has 1 unspecified atom stereocenters. The fraction of sp³-hybridized carbons (Fsp3) is 0.0952. The van der Waals surface area contributed by atoms with Crippen molar-refractivity contribution in [3.63, 3.8) is 0 Å². The Labute approximate surface area is 181 Å². The minimum atomic E-state index is -0.746. The molecule has 0 aliphatic heterocycles. The summed E-state index contributed by atoms with van der Waals surface area (Å²) in [6.07, 6.45) is 0.999. The number of hydrogen-bond acceptors (Lipinski definition) is 5. The number of nitrogens with zero attached hydrogens (tertiary/aromatic N) is 2. The molecule has 1 atom stereocenters. The van der Waals surface area contributed by atoms with E-state index >= 15 is 0 Å². The molecule has 0 aliphatic rings. The van der Waals surface area contributed by atoms with E-state index in [9.17, 15) is 4.79 Å². The van der Waals surface area contributed by atoms with Crippen LogP contribution in [0.3, 0.4) is 0 Å². The topological polar surface area (TPSA) is 64.1 Å². The van der Waals surface area contributed by atoms with Crippen molar-refractivity contribution in [2.75, 3.05) is 5.32 Å². The Morgan fingerprint density at radius 2 is 2.00 bits per heavy atom. The Balaban J connectivity index is 1.49. The van der Waals surface area contributed by atoms with E-state index in [0.717, 1.165) is 20.9 Å². The zero-order chi connectivity index (χ0) is 20.4. The van der Waals surface area contributed by atoms with Crippen LogP contribution in [0.25, 0.3) is 20.9 Å². The van der Waals surface area contributed by atoms with Crippen molar-refractivity contribution in [1.29, 1.82) is 0 Å². The largest absolute Gasteiger partial charge is 0.479 e. The molecule has 5 nitrogen and oxygen atoms in total. The number of hydrogen-bond donors (Lipinski definition) is 1. The number of nitrogens with one attached hydrogen (secondary N) is 1. The average Bonchev–Trinajstić information content (AvgIpc) is 3.14. The highest BCUT2D eigenvalue weighted by molar-refractivity contribution is 7.21. The zero-order valence-electron chi connectivity index (χ0n) is 15.2. The van der Waals surface area contributed by atoms with Crippen LogP contribution in [0, 0.1) is 0 Å². The van der Waals surface area contributed by atoms with E-state index in [-0.39, 0.29) is 5.91 Å². The molecule has 4 aromatic rings. The summed E-state index contributed by atoms with van der Waals surface area (Å²) in [5.41, 5.74) is 2.40. The van der Waals surface area contributed by atoms with Crippen molar-refractivity contribution in [1.82, 2.24) is 9.97 Å². The first-order valence-electron chi connectivity index (χ1n) is 8.74. The molecule has 0 saturated heterocycles. The number of ether oxygens (including phenoxy) is 1. The molecule has 0 spiro atoms. The third-order valence-corrected chi connectivity index (χ3v) is 5.67. The fourth-order valence-corrected chi connectivity index (χ4v) is 4.04. The highest BCUT2D eigenvalue weighted by Gasteiger charge is 2.17. The van der Waals surface area contributed by atoms with Gasteiger partial charge in [-0.2, -0.15) is 0 Å². The van der Waals surface area contributed by atoms with Crippen molar-refractivity contribution < 1.29 is 9.53 Å². The molecule has 8 heteroatoms. The summed E-state index contributed by atoms with van der Waals surface area (Å²) in [5, 5.41) is 4.56. The summed E-state index contributed by atoms with van der Waals surface area (Å²) in [6.45, 7) is 1.66. The summed E-state index contributed by atoms with van der Waals surface area (Å²) in [4.78, 5) is 22.4. The van der Waals surface area contributed by atoms with Gasteiger partial charge in [0.2, 0.25) is 0 Å². The maximum absolute atomic E-state index is 12.6. The molecular weight excluding hydrogens is 429 g/mol. The van der Waals surface area contributed by atoms with E-state index in [2.05, 4.69) is 15.3 Å². The molecule has 29 heavy (non-hydrogen) atoms. The molecule has 2 heterocycles. The number of thiazole rings is 1. The molecule has 0 fully saturated rings. The number of anilines is 1. The van der Waals surface area contributed by atoms with Crippen molar-refractivity contribution in [3.8, 4) is 16.3 Å². The number of halogens is 2. The van der Waals surface area contributed by atoms with Gasteiger partial charge in [0.1, 0.15) is 21.1 Å². The first-order valence-corrected chi connectivity index (χ1v) is 10.3. The summed E-state index contributed by atoms with van der Waals surface area (Å²) >= 11 is 13.5. The molecule has 1 amide bonds. The molecule has 146 valence electrons. The molecule has 0 saturated carbocycles. The monoisotopic (exact) mass is 443 g/mol. The van der Waals surface area contributed by atoms with E-state index in [1.54, 1.807) is 31.3 Å². The van der Waals surface area contributed by atoms with Crippen LogP contribution in [0.1, 0.15) is 6.92 Å². The highest BCUT2D eigenvalue weighted by Crippen LogP contribution is 2.31. The van der Waals surface area contributed by atoms with Crippen molar-refractivity contribution in [2.24, 2.45) is 0 Å². The molecule has 1 N–H and O–H groups in total. The summed E-state index contributed by atoms with van der Waals surface area (Å²) in [7, 11) is 0. The van der Waals surface area contributed by atoms with Crippen LogP contribution in [-0.2, 0) is 4.79 Å². The number of amides is 1. The van der Waals surface area contributed by atoms with Crippen molar-refractivity contribution in [2.45, 2.75) is 13.0 Å². The Morgan fingerprint density at radius 3 is 2.79 bits per heavy atom. The van der Waals surface area contributed by atoms with Gasteiger partial charge in [0.25, 0.3) is 5.91 Å². The molecule has 4 rings (SSSR count). The average molecular weight is 444 g/mol. The third-order valence-electron chi connectivity index (χ3n) is 4.11. The molecular formula is C21H15Cl2N3O2S. The lowest BCUT2D eigenvalue weighted by Gasteiger charge is -2.16. The smallest absolute Gasteiger partial charge is 0.265 e. The van der Waals surface area contributed by atoms with Gasteiger partial charge in [0, 0.05) is 22.5 Å². The van der Waals surface area contributed by atoms with Crippen LogP contribution in [0.2, 0.25) is 10.0 Å². The second kappa shape index (κ2) is 8.37. The summed E-state index contributed by atoms with van der Waals surface area (Å²) < 4.78 is 5.67. The van der Waals surface area contributed by atoms with Crippen LogP contribution in [0.4, 0.5) is 5.69 Å². The maximum Gasteiger partial charge on any atom is 0.265 e.